The van der Waals surface area contributed by atoms with E-state index in [0.29, 0.717) is 10.8 Å². The molecule has 2 aromatic rings. The third-order valence-electron chi connectivity index (χ3n) is 5.34. The van der Waals surface area contributed by atoms with Crippen LogP contribution in [0.2, 0.25) is 5.02 Å². The summed E-state index contributed by atoms with van der Waals surface area (Å²) in [4.78, 5) is 27.4. The summed E-state index contributed by atoms with van der Waals surface area (Å²) in [6.07, 6.45) is 4.23. The van der Waals surface area contributed by atoms with Crippen LogP contribution in [0.1, 0.15) is 38.2 Å². The molecule has 7 heteroatoms. The molecular formula is C23H26BrClN2O3. The number of amides is 2. The minimum atomic E-state index is -0.636. The first-order valence-corrected chi connectivity index (χ1v) is 11.3. The van der Waals surface area contributed by atoms with Gasteiger partial charge in [0.2, 0.25) is 5.91 Å². The first-order valence-electron chi connectivity index (χ1n) is 10.2. The van der Waals surface area contributed by atoms with Crippen LogP contribution in [0, 0.1) is 0 Å². The number of ether oxygens (including phenoxy) is 1. The van der Waals surface area contributed by atoms with Crippen molar-refractivity contribution in [2.24, 2.45) is 0 Å². The SMILES string of the molecule is CC(C(=O)NC1CCCC1)N(Cc1ccccc1Cl)C(=O)COc1ccc(Br)cc1. The van der Waals surface area contributed by atoms with Crippen LogP contribution >= 0.6 is 27.5 Å². The van der Waals surface area contributed by atoms with Crippen molar-refractivity contribution < 1.29 is 14.3 Å². The summed E-state index contributed by atoms with van der Waals surface area (Å²) in [5.41, 5.74) is 0.789. The van der Waals surface area contributed by atoms with Crippen LogP contribution in [0.15, 0.2) is 53.0 Å². The van der Waals surface area contributed by atoms with Crippen LogP contribution in [0.5, 0.6) is 5.75 Å². The number of nitrogens with one attached hydrogen (secondary N) is 1. The molecule has 0 aromatic heterocycles. The number of halogens is 2. The van der Waals surface area contributed by atoms with Gasteiger partial charge in [-0.05, 0) is 55.7 Å². The maximum atomic E-state index is 13.1. The maximum absolute atomic E-state index is 13.1. The van der Waals surface area contributed by atoms with Crippen molar-refractivity contribution in [3.05, 3.63) is 63.6 Å². The summed E-state index contributed by atoms with van der Waals surface area (Å²) >= 11 is 9.68. The summed E-state index contributed by atoms with van der Waals surface area (Å²) in [6.45, 7) is 1.83. The first kappa shape index (κ1) is 22.6. The molecule has 160 valence electrons. The minimum Gasteiger partial charge on any atom is -0.484 e. The molecule has 0 heterocycles. The average Bonchev–Trinajstić information content (AvgIpc) is 3.25. The lowest BCUT2D eigenvalue weighted by molar-refractivity contribution is -0.142. The van der Waals surface area contributed by atoms with Gasteiger partial charge in [0.15, 0.2) is 6.61 Å². The van der Waals surface area contributed by atoms with Crippen molar-refractivity contribution in [3.63, 3.8) is 0 Å². The zero-order valence-electron chi connectivity index (χ0n) is 16.9. The Bertz CT molecular complexity index is 869. The summed E-state index contributed by atoms with van der Waals surface area (Å²) in [6, 6.07) is 14.2. The van der Waals surface area contributed by atoms with Crippen molar-refractivity contribution in [2.75, 3.05) is 6.61 Å². The van der Waals surface area contributed by atoms with Crippen molar-refractivity contribution in [1.29, 1.82) is 0 Å². The van der Waals surface area contributed by atoms with Crippen molar-refractivity contribution in [1.82, 2.24) is 10.2 Å². The van der Waals surface area contributed by atoms with Crippen molar-refractivity contribution in [3.8, 4) is 5.75 Å². The van der Waals surface area contributed by atoms with E-state index in [-0.39, 0.29) is 31.0 Å². The summed E-state index contributed by atoms with van der Waals surface area (Å²) in [5, 5.41) is 3.65. The van der Waals surface area contributed by atoms with Gasteiger partial charge in [0.25, 0.3) is 5.91 Å². The van der Waals surface area contributed by atoms with Crippen molar-refractivity contribution in [2.45, 2.75) is 51.2 Å². The van der Waals surface area contributed by atoms with E-state index in [1.54, 1.807) is 25.1 Å². The highest BCUT2D eigenvalue weighted by molar-refractivity contribution is 9.10. The Labute approximate surface area is 190 Å². The number of carbonyl (C=O) groups is 2. The molecule has 1 aliphatic rings. The van der Waals surface area contributed by atoms with Gasteiger partial charge in [0, 0.05) is 22.1 Å². The first-order chi connectivity index (χ1) is 14.4. The third-order valence-corrected chi connectivity index (χ3v) is 6.24. The highest BCUT2D eigenvalue weighted by atomic mass is 79.9. The van der Waals surface area contributed by atoms with E-state index in [0.717, 1.165) is 35.7 Å². The molecule has 3 rings (SSSR count). The maximum Gasteiger partial charge on any atom is 0.261 e. The number of rotatable bonds is 8. The Morgan fingerprint density at radius 2 is 1.83 bits per heavy atom. The Kier molecular flexibility index (Phi) is 8.16. The largest absolute Gasteiger partial charge is 0.484 e. The van der Waals surface area contributed by atoms with E-state index in [1.165, 1.54) is 4.90 Å². The molecule has 2 amide bonds. The zero-order valence-corrected chi connectivity index (χ0v) is 19.3. The van der Waals surface area contributed by atoms with E-state index in [1.807, 2.05) is 30.3 Å². The molecule has 30 heavy (non-hydrogen) atoms. The molecule has 0 saturated heterocycles. The Morgan fingerprint density at radius 3 is 2.50 bits per heavy atom. The summed E-state index contributed by atoms with van der Waals surface area (Å²) in [7, 11) is 0. The molecular weight excluding hydrogens is 468 g/mol. The van der Waals surface area contributed by atoms with Gasteiger partial charge in [-0.3, -0.25) is 9.59 Å². The van der Waals surface area contributed by atoms with Gasteiger partial charge < -0.3 is 15.0 Å². The normalized spacial score (nSPS) is 14.9. The smallest absolute Gasteiger partial charge is 0.261 e. The molecule has 5 nitrogen and oxygen atoms in total. The molecule has 0 aliphatic heterocycles. The molecule has 1 N–H and O–H groups in total. The highest BCUT2D eigenvalue weighted by Gasteiger charge is 2.29. The van der Waals surface area contributed by atoms with Gasteiger partial charge in [0.05, 0.1) is 0 Å². The predicted octanol–water partition coefficient (Wildman–Crippen LogP) is 4.96. The molecule has 0 spiro atoms. The Morgan fingerprint density at radius 1 is 1.17 bits per heavy atom. The zero-order chi connectivity index (χ0) is 21.5. The van der Waals surface area contributed by atoms with Crippen LogP contribution in [-0.4, -0.2) is 35.4 Å². The fraction of sp³-hybridized carbons (Fsp3) is 0.391. The van der Waals surface area contributed by atoms with E-state index in [4.69, 9.17) is 16.3 Å². The number of benzene rings is 2. The fourth-order valence-electron chi connectivity index (χ4n) is 3.54. The highest BCUT2D eigenvalue weighted by Crippen LogP contribution is 2.21. The summed E-state index contributed by atoms with van der Waals surface area (Å²) < 4.78 is 6.59. The van der Waals surface area contributed by atoms with E-state index >= 15 is 0 Å². The van der Waals surface area contributed by atoms with Crippen LogP contribution in [0.3, 0.4) is 0 Å². The second-order valence-electron chi connectivity index (χ2n) is 7.52. The lowest BCUT2D eigenvalue weighted by Crippen LogP contribution is -2.50. The van der Waals surface area contributed by atoms with E-state index in [2.05, 4.69) is 21.2 Å². The topological polar surface area (TPSA) is 58.6 Å². The fourth-order valence-corrected chi connectivity index (χ4v) is 4.00. The van der Waals surface area contributed by atoms with Crippen LogP contribution < -0.4 is 10.1 Å². The Balaban J connectivity index is 1.71. The second-order valence-corrected chi connectivity index (χ2v) is 8.84. The van der Waals surface area contributed by atoms with Crippen LogP contribution in [-0.2, 0) is 16.1 Å². The number of carbonyl (C=O) groups excluding carboxylic acids is 2. The van der Waals surface area contributed by atoms with Gasteiger partial charge in [-0.25, -0.2) is 0 Å². The van der Waals surface area contributed by atoms with Crippen molar-refractivity contribution >= 4 is 39.3 Å². The number of nitrogens with zero attached hydrogens (tertiary/aromatic N) is 1. The van der Waals surface area contributed by atoms with E-state index in [9.17, 15) is 9.59 Å². The standard InChI is InChI=1S/C23H26BrClN2O3/c1-16(23(29)26-19-7-3-4-8-19)27(14-17-6-2-5-9-21(17)25)22(28)15-30-20-12-10-18(24)11-13-20/h2,5-6,9-13,16,19H,3-4,7-8,14-15H2,1H3,(H,26,29). The van der Waals surface area contributed by atoms with Gasteiger partial charge >= 0.3 is 0 Å². The van der Waals surface area contributed by atoms with Gasteiger partial charge in [-0.2, -0.15) is 0 Å². The molecule has 1 atom stereocenters. The van der Waals surface area contributed by atoms with Gasteiger partial charge in [-0.1, -0.05) is 58.6 Å². The average molecular weight is 494 g/mol. The molecule has 1 aliphatic carbocycles. The molecule has 2 aromatic carbocycles. The van der Waals surface area contributed by atoms with Gasteiger partial charge in [0.1, 0.15) is 11.8 Å². The quantitative estimate of drug-likeness (QED) is 0.566. The van der Waals surface area contributed by atoms with Crippen LogP contribution in [0.25, 0.3) is 0 Å². The second kappa shape index (κ2) is 10.8. The predicted molar refractivity (Wildman–Crippen MR) is 121 cm³/mol. The number of hydrogen-bond donors (Lipinski definition) is 1. The van der Waals surface area contributed by atoms with E-state index < -0.39 is 6.04 Å². The Hall–Kier alpha value is -2.05. The molecule has 1 unspecified atom stereocenters. The van der Waals surface area contributed by atoms with Gasteiger partial charge in [-0.15, -0.1) is 0 Å². The lowest BCUT2D eigenvalue weighted by Gasteiger charge is -2.30. The summed E-state index contributed by atoms with van der Waals surface area (Å²) in [5.74, 6) is 0.171. The minimum absolute atomic E-state index is 0.147. The monoisotopic (exact) mass is 492 g/mol. The lowest BCUT2D eigenvalue weighted by atomic mass is 10.1. The van der Waals surface area contributed by atoms with Crippen LogP contribution in [0.4, 0.5) is 0 Å². The molecule has 1 saturated carbocycles. The molecule has 0 bridgehead atoms. The molecule has 1 fully saturated rings. The third kappa shape index (κ3) is 6.22. The number of hydrogen-bond acceptors (Lipinski definition) is 3. The molecule has 0 radical (unpaired) electrons.